The van der Waals surface area contributed by atoms with Crippen LogP contribution in [0.25, 0.3) is 0 Å². The summed E-state index contributed by atoms with van der Waals surface area (Å²) in [6.45, 7) is 3.06. The first kappa shape index (κ1) is 13.6. The molecule has 0 aliphatic carbocycles. The normalized spacial score (nSPS) is 23.0. The van der Waals surface area contributed by atoms with Crippen LogP contribution in [-0.2, 0) is 4.79 Å². The fourth-order valence-electron chi connectivity index (χ4n) is 2.57. The largest absolute Gasteiger partial charge is 0.324 e. The van der Waals surface area contributed by atoms with E-state index in [1.165, 1.54) is 0 Å². The lowest BCUT2D eigenvalue weighted by molar-refractivity contribution is -0.122. The SMILES string of the molecule is CCCC1(C(=O)Nc2cccc(Br)c2)CCCN1. The number of hydrogen-bond donors (Lipinski definition) is 2. The Hall–Kier alpha value is -0.870. The second-order valence-electron chi connectivity index (χ2n) is 4.83. The molecule has 1 atom stereocenters. The Kier molecular flexibility index (Phi) is 4.40. The van der Waals surface area contributed by atoms with Crippen molar-refractivity contribution in [2.45, 2.75) is 38.1 Å². The second-order valence-corrected chi connectivity index (χ2v) is 5.74. The number of halogens is 1. The number of hydrogen-bond acceptors (Lipinski definition) is 2. The molecule has 2 rings (SSSR count). The molecule has 0 radical (unpaired) electrons. The van der Waals surface area contributed by atoms with Crippen molar-refractivity contribution < 1.29 is 4.79 Å². The Labute approximate surface area is 116 Å². The zero-order valence-electron chi connectivity index (χ0n) is 10.6. The maximum atomic E-state index is 12.4. The molecule has 1 heterocycles. The number of amides is 1. The lowest BCUT2D eigenvalue weighted by Crippen LogP contribution is -2.50. The zero-order chi connectivity index (χ0) is 13.0. The van der Waals surface area contributed by atoms with Crippen molar-refractivity contribution in [1.29, 1.82) is 0 Å². The summed E-state index contributed by atoms with van der Waals surface area (Å²) in [5.41, 5.74) is 0.482. The van der Waals surface area contributed by atoms with Crippen molar-refractivity contribution in [2.24, 2.45) is 0 Å². The highest BCUT2D eigenvalue weighted by atomic mass is 79.9. The van der Waals surface area contributed by atoms with Crippen LogP contribution in [0.2, 0.25) is 0 Å². The maximum Gasteiger partial charge on any atom is 0.244 e. The molecule has 0 bridgehead atoms. The van der Waals surface area contributed by atoms with E-state index in [9.17, 15) is 4.79 Å². The van der Waals surface area contributed by atoms with Crippen LogP contribution in [0.15, 0.2) is 28.7 Å². The van der Waals surface area contributed by atoms with Gasteiger partial charge in [-0.25, -0.2) is 0 Å². The summed E-state index contributed by atoms with van der Waals surface area (Å²) in [5, 5.41) is 6.40. The van der Waals surface area contributed by atoms with Gasteiger partial charge in [0.25, 0.3) is 0 Å². The van der Waals surface area contributed by atoms with Gasteiger partial charge in [0.1, 0.15) is 0 Å². The average molecular weight is 311 g/mol. The van der Waals surface area contributed by atoms with Crippen molar-refractivity contribution in [2.75, 3.05) is 11.9 Å². The number of rotatable bonds is 4. The molecule has 1 aliphatic rings. The molecule has 0 aromatic heterocycles. The van der Waals surface area contributed by atoms with Crippen LogP contribution in [0.4, 0.5) is 5.69 Å². The van der Waals surface area contributed by atoms with Gasteiger partial charge in [0.2, 0.25) is 5.91 Å². The van der Waals surface area contributed by atoms with E-state index >= 15 is 0 Å². The number of anilines is 1. The van der Waals surface area contributed by atoms with Crippen LogP contribution in [0.5, 0.6) is 0 Å². The fourth-order valence-corrected chi connectivity index (χ4v) is 2.97. The van der Waals surface area contributed by atoms with Crippen LogP contribution in [0, 0.1) is 0 Å². The van der Waals surface area contributed by atoms with Crippen molar-refractivity contribution in [3.63, 3.8) is 0 Å². The fraction of sp³-hybridized carbons (Fsp3) is 0.500. The van der Waals surface area contributed by atoms with Gasteiger partial charge in [0.15, 0.2) is 0 Å². The molecule has 1 aliphatic heterocycles. The molecule has 2 N–H and O–H groups in total. The van der Waals surface area contributed by atoms with Gasteiger partial charge in [0, 0.05) is 10.2 Å². The Morgan fingerprint density at radius 1 is 1.56 bits per heavy atom. The van der Waals surface area contributed by atoms with Crippen LogP contribution in [0.1, 0.15) is 32.6 Å². The number of benzene rings is 1. The molecule has 0 saturated carbocycles. The molecular weight excluding hydrogens is 292 g/mol. The lowest BCUT2D eigenvalue weighted by Gasteiger charge is -2.27. The van der Waals surface area contributed by atoms with E-state index in [2.05, 4.69) is 33.5 Å². The third kappa shape index (κ3) is 2.93. The first-order chi connectivity index (χ1) is 8.66. The Morgan fingerprint density at radius 2 is 2.39 bits per heavy atom. The van der Waals surface area contributed by atoms with Gasteiger partial charge in [-0.1, -0.05) is 35.3 Å². The van der Waals surface area contributed by atoms with Gasteiger partial charge < -0.3 is 10.6 Å². The van der Waals surface area contributed by atoms with Crippen molar-refractivity contribution in [3.05, 3.63) is 28.7 Å². The van der Waals surface area contributed by atoms with Gasteiger partial charge in [-0.3, -0.25) is 4.79 Å². The van der Waals surface area contributed by atoms with Gasteiger partial charge in [-0.05, 0) is 44.0 Å². The van der Waals surface area contributed by atoms with E-state index in [0.29, 0.717) is 0 Å². The minimum atomic E-state index is -0.364. The van der Waals surface area contributed by atoms with E-state index in [0.717, 1.165) is 42.4 Å². The van der Waals surface area contributed by atoms with E-state index in [1.807, 2.05) is 24.3 Å². The minimum Gasteiger partial charge on any atom is -0.324 e. The molecular formula is C14H19BrN2O. The molecule has 98 valence electrons. The van der Waals surface area contributed by atoms with E-state index < -0.39 is 0 Å². The number of carbonyl (C=O) groups excluding carboxylic acids is 1. The Morgan fingerprint density at radius 3 is 3.00 bits per heavy atom. The summed E-state index contributed by atoms with van der Waals surface area (Å²) in [4.78, 5) is 12.4. The smallest absolute Gasteiger partial charge is 0.244 e. The summed E-state index contributed by atoms with van der Waals surface area (Å²) < 4.78 is 0.976. The lowest BCUT2D eigenvalue weighted by atomic mass is 9.91. The van der Waals surface area contributed by atoms with Crippen LogP contribution in [-0.4, -0.2) is 18.0 Å². The first-order valence-electron chi connectivity index (χ1n) is 6.48. The molecule has 1 aromatic rings. The highest BCUT2D eigenvalue weighted by molar-refractivity contribution is 9.10. The molecule has 18 heavy (non-hydrogen) atoms. The van der Waals surface area contributed by atoms with E-state index in [4.69, 9.17) is 0 Å². The third-order valence-corrected chi connectivity index (χ3v) is 3.93. The molecule has 1 fully saturated rings. The molecule has 0 spiro atoms. The zero-order valence-corrected chi connectivity index (χ0v) is 12.2. The molecule has 1 amide bonds. The molecule has 1 aromatic carbocycles. The summed E-state index contributed by atoms with van der Waals surface area (Å²) >= 11 is 3.41. The Balaban J connectivity index is 2.10. The standard InChI is InChI=1S/C14H19BrN2O/c1-2-7-14(8-4-9-16-14)13(18)17-12-6-3-5-11(15)10-12/h3,5-6,10,16H,2,4,7-9H2,1H3,(H,17,18). The second kappa shape index (κ2) is 5.85. The molecule has 1 saturated heterocycles. The van der Waals surface area contributed by atoms with Crippen LogP contribution < -0.4 is 10.6 Å². The highest BCUT2D eigenvalue weighted by Gasteiger charge is 2.39. The molecule has 4 heteroatoms. The van der Waals surface area contributed by atoms with Gasteiger partial charge in [0.05, 0.1) is 5.54 Å². The van der Waals surface area contributed by atoms with Crippen molar-refractivity contribution >= 4 is 27.5 Å². The molecule has 3 nitrogen and oxygen atoms in total. The van der Waals surface area contributed by atoms with Crippen molar-refractivity contribution in [1.82, 2.24) is 5.32 Å². The Bertz CT molecular complexity index is 428. The van der Waals surface area contributed by atoms with Gasteiger partial charge >= 0.3 is 0 Å². The predicted molar refractivity (Wildman–Crippen MR) is 77.6 cm³/mol. The summed E-state index contributed by atoms with van der Waals surface area (Å²) in [6, 6.07) is 7.71. The predicted octanol–water partition coefficient (Wildman–Crippen LogP) is 3.31. The van der Waals surface area contributed by atoms with Gasteiger partial charge in [-0.2, -0.15) is 0 Å². The maximum absolute atomic E-state index is 12.4. The number of carbonyl (C=O) groups is 1. The minimum absolute atomic E-state index is 0.0972. The average Bonchev–Trinajstić information content (AvgIpc) is 2.79. The quantitative estimate of drug-likeness (QED) is 0.896. The van der Waals surface area contributed by atoms with E-state index in [-0.39, 0.29) is 11.4 Å². The first-order valence-corrected chi connectivity index (χ1v) is 7.28. The highest BCUT2D eigenvalue weighted by Crippen LogP contribution is 2.27. The van der Waals surface area contributed by atoms with Crippen LogP contribution in [0.3, 0.4) is 0 Å². The summed E-state index contributed by atoms with van der Waals surface area (Å²) in [7, 11) is 0. The third-order valence-electron chi connectivity index (χ3n) is 3.44. The van der Waals surface area contributed by atoms with E-state index in [1.54, 1.807) is 0 Å². The monoisotopic (exact) mass is 310 g/mol. The topological polar surface area (TPSA) is 41.1 Å². The molecule has 1 unspecified atom stereocenters. The van der Waals surface area contributed by atoms with Gasteiger partial charge in [-0.15, -0.1) is 0 Å². The summed E-state index contributed by atoms with van der Waals surface area (Å²) in [5.74, 6) is 0.0972. The number of nitrogens with one attached hydrogen (secondary N) is 2. The van der Waals surface area contributed by atoms with Crippen molar-refractivity contribution in [3.8, 4) is 0 Å². The van der Waals surface area contributed by atoms with Crippen LogP contribution >= 0.6 is 15.9 Å². The summed E-state index contributed by atoms with van der Waals surface area (Å²) in [6.07, 6.45) is 3.92.